The van der Waals surface area contributed by atoms with Gasteiger partial charge in [-0.3, -0.25) is 14.5 Å². The van der Waals surface area contributed by atoms with Gasteiger partial charge in [-0.05, 0) is 11.4 Å². The first kappa shape index (κ1) is 19.2. The lowest BCUT2D eigenvalue weighted by Crippen LogP contribution is -2.50. The Labute approximate surface area is 153 Å². The number of piperazine rings is 2. The second kappa shape index (κ2) is 9.36. The zero-order valence-electron chi connectivity index (χ0n) is 13.8. The van der Waals surface area contributed by atoms with Gasteiger partial charge in [-0.1, -0.05) is 0 Å². The predicted molar refractivity (Wildman–Crippen MR) is 98.0 cm³/mol. The number of nitrogens with one attached hydrogen (secondary N) is 1. The van der Waals surface area contributed by atoms with E-state index < -0.39 is 0 Å². The lowest BCUT2D eigenvalue weighted by Gasteiger charge is -2.35. The minimum Gasteiger partial charge on any atom is -0.340 e. The minimum absolute atomic E-state index is 0. The van der Waals surface area contributed by atoms with E-state index in [1.807, 2.05) is 26.6 Å². The monoisotopic (exact) mass is 372 g/mol. The largest absolute Gasteiger partial charge is 0.340 e. The minimum atomic E-state index is 0. The molecule has 2 saturated heterocycles. The van der Waals surface area contributed by atoms with Gasteiger partial charge in [-0.25, -0.2) is 0 Å². The average Bonchev–Trinajstić information content (AvgIpc) is 3.15. The molecule has 6 nitrogen and oxygen atoms in total. The van der Waals surface area contributed by atoms with E-state index in [2.05, 4.69) is 10.2 Å². The van der Waals surface area contributed by atoms with E-state index in [0.717, 1.165) is 64.5 Å². The van der Waals surface area contributed by atoms with E-state index in [1.54, 1.807) is 11.3 Å². The van der Waals surface area contributed by atoms with Crippen LogP contribution in [-0.4, -0.2) is 85.4 Å². The number of carbonyl (C=O) groups excluding carboxylic acids is 2. The molecule has 0 aromatic carbocycles. The Morgan fingerprint density at radius 3 is 2.38 bits per heavy atom. The lowest BCUT2D eigenvalue weighted by atomic mass is 10.2. The topological polar surface area (TPSA) is 55.9 Å². The summed E-state index contributed by atoms with van der Waals surface area (Å²) in [6.07, 6.45) is 0.582. The predicted octanol–water partition coefficient (Wildman–Crippen LogP) is 0.750. The Balaban J connectivity index is 0.00000208. The second-order valence-corrected chi connectivity index (χ2v) is 6.81. The smallest absolute Gasteiger partial charge is 0.254 e. The molecule has 1 aromatic heterocycles. The van der Waals surface area contributed by atoms with Gasteiger partial charge in [0, 0.05) is 70.7 Å². The van der Waals surface area contributed by atoms with Gasteiger partial charge in [0.15, 0.2) is 0 Å². The molecule has 2 aliphatic rings. The molecular formula is C16H25ClN4O2S. The fraction of sp³-hybridized carbons (Fsp3) is 0.625. The number of halogens is 1. The van der Waals surface area contributed by atoms with E-state index in [9.17, 15) is 9.59 Å². The average molecular weight is 373 g/mol. The summed E-state index contributed by atoms with van der Waals surface area (Å²) in [5, 5.41) is 7.10. The first-order chi connectivity index (χ1) is 11.2. The molecule has 0 spiro atoms. The second-order valence-electron chi connectivity index (χ2n) is 6.03. The Morgan fingerprint density at radius 2 is 1.75 bits per heavy atom. The summed E-state index contributed by atoms with van der Waals surface area (Å²) in [4.78, 5) is 30.6. The molecule has 0 bridgehead atoms. The van der Waals surface area contributed by atoms with Crippen LogP contribution in [0.3, 0.4) is 0 Å². The van der Waals surface area contributed by atoms with Crippen LogP contribution in [0.4, 0.5) is 0 Å². The van der Waals surface area contributed by atoms with Crippen LogP contribution in [0.25, 0.3) is 0 Å². The van der Waals surface area contributed by atoms with Crippen LogP contribution in [0.1, 0.15) is 16.8 Å². The molecule has 2 fully saturated rings. The number of amides is 2. The van der Waals surface area contributed by atoms with Crippen molar-refractivity contribution < 1.29 is 9.59 Å². The van der Waals surface area contributed by atoms with Gasteiger partial charge in [0.05, 0.1) is 5.56 Å². The number of hydrogen-bond donors (Lipinski definition) is 1. The summed E-state index contributed by atoms with van der Waals surface area (Å²) in [5.41, 5.74) is 0.789. The molecule has 2 aliphatic heterocycles. The van der Waals surface area contributed by atoms with Gasteiger partial charge in [0.2, 0.25) is 5.91 Å². The van der Waals surface area contributed by atoms with Gasteiger partial charge >= 0.3 is 0 Å². The van der Waals surface area contributed by atoms with Crippen LogP contribution in [-0.2, 0) is 4.79 Å². The highest BCUT2D eigenvalue weighted by Gasteiger charge is 2.23. The standard InChI is InChI=1S/C16H24N4O2S.ClH/c21-15(19-6-3-17-4-7-19)1-5-18-8-10-20(11-9-18)16(22)14-2-12-23-13-14;/h2,12-13,17H,1,3-11H2;1H. The van der Waals surface area contributed by atoms with Crippen molar-refractivity contribution in [2.24, 2.45) is 0 Å². The van der Waals surface area contributed by atoms with Crippen LogP contribution >= 0.6 is 23.7 Å². The van der Waals surface area contributed by atoms with Gasteiger partial charge in [-0.2, -0.15) is 11.3 Å². The SMILES string of the molecule is Cl.O=C(CCN1CCN(C(=O)c2ccsc2)CC1)N1CCNCC1. The molecule has 0 saturated carbocycles. The third-order valence-corrected chi connectivity index (χ3v) is 5.22. The van der Waals surface area contributed by atoms with Crippen molar-refractivity contribution in [3.8, 4) is 0 Å². The van der Waals surface area contributed by atoms with Gasteiger partial charge < -0.3 is 15.1 Å². The summed E-state index contributed by atoms with van der Waals surface area (Å²) < 4.78 is 0. The van der Waals surface area contributed by atoms with E-state index in [-0.39, 0.29) is 24.2 Å². The van der Waals surface area contributed by atoms with Crippen molar-refractivity contribution in [3.05, 3.63) is 22.4 Å². The Bertz CT molecular complexity index is 526. The van der Waals surface area contributed by atoms with Gasteiger partial charge in [0.25, 0.3) is 5.91 Å². The number of thiophene rings is 1. The van der Waals surface area contributed by atoms with Gasteiger partial charge in [-0.15, -0.1) is 12.4 Å². The van der Waals surface area contributed by atoms with E-state index in [4.69, 9.17) is 0 Å². The first-order valence-electron chi connectivity index (χ1n) is 8.26. The third-order valence-electron chi connectivity index (χ3n) is 4.54. The molecule has 0 aliphatic carbocycles. The summed E-state index contributed by atoms with van der Waals surface area (Å²) in [6.45, 7) is 7.43. The lowest BCUT2D eigenvalue weighted by molar-refractivity contribution is -0.132. The number of hydrogen-bond acceptors (Lipinski definition) is 5. The summed E-state index contributed by atoms with van der Waals surface area (Å²) in [7, 11) is 0. The quantitative estimate of drug-likeness (QED) is 0.847. The number of rotatable bonds is 4. The van der Waals surface area contributed by atoms with E-state index in [1.165, 1.54) is 0 Å². The third kappa shape index (κ3) is 4.92. The van der Waals surface area contributed by atoms with Crippen molar-refractivity contribution in [2.75, 3.05) is 58.9 Å². The molecule has 1 aromatic rings. The van der Waals surface area contributed by atoms with Crippen LogP contribution in [0, 0.1) is 0 Å². The van der Waals surface area contributed by atoms with Crippen LogP contribution in [0.5, 0.6) is 0 Å². The van der Waals surface area contributed by atoms with E-state index in [0.29, 0.717) is 6.42 Å². The molecule has 3 heterocycles. The maximum absolute atomic E-state index is 12.3. The summed E-state index contributed by atoms with van der Waals surface area (Å²) in [6, 6.07) is 1.88. The summed E-state index contributed by atoms with van der Waals surface area (Å²) in [5.74, 6) is 0.381. The van der Waals surface area contributed by atoms with Crippen LogP contribution < -0.4 is 5.32 Å². The molecule has 0 atom stereocenters. The first-order valence-corrected chi connectivity index (χ1v) is 9.20. The van der Waals surface area contributed by atoms with Crippen molar-refractivity contribution in [2.45, 2.75) is 6.42 Å². The molecule has 8 heteroatoms. The highest BCUT2D eigenvalue weighted by Crippen LogP contribution is 2.12. The van der Waals surface area contributed by atoms with Crippen molar-refractivity contribution in [3.63, 3.8) is 0 Å². The highest BCUT2D eigenvalue weighted by atomic mass is 35.5. The maximum atomic E-state index is 12.3. The Morgan fingerprint density at radius 1 is 1.04 bits per heavy atom. The number of carbonyl (C=O) groups is 2. The zero-order chi connectivity index (χ0) is 16.1. The fourth-order valence-electron chi connectivity index (χ4n) is 3.07. The molecule has 134 valence electrons. The van der Waals surface area contributed by atoms with Crippen LogP contribution in [0.15, 0.2) is 16.8 Å². The zero-order valence-corrected chi connectivity index (χ0v) is 15.4. The molecule has 2 amide bonds. The Hall–Kier alpha value is -1.15. The van der Waals surface area contributed by atoms with Crippen molar-refractivity contribution in [1.29, 1.82) is 0 Å². The molecule has 0 unspecified atom stereocenters. The normalized spacial score (nSPS) is 19.0. The van der Waals surface area contributed by atoms with Gasteiger partial charge in [0.1, 0.15) is 0 Å². The molecule has 1 N–H and O–H groups in total. The number of nitrogens with zero attached hydrogens (tertiary/aromatic N) is 3. The maximum Gasteiger partial charge on any atom is 0.254 e. The summed E-state index contributed by atoms with van der Waals surface area (Å²) >= 11 is 1.55. The van der Waals surface area contributed by atoms with Crippen molar-refractivity contribution >= 4 is 35.6 Å². The molecule has 3 rings (SSSR count). The molecule has 0 radical (unpaired) electrons. The molecular weight excluding hydrogens is 348 g/mol. The highest BCUT2D eigenvalue weighted by molar-refractivity contribution is 7.08. The van der Waals surface area contributed by atoms with Crippen molar-refractivity contribution in [1.82, 2.24) is 20.0 Å². The van der Waals surface area contributed by atoms with Crippen LogP contribution in [0.2, 0.25) is 0 Å². The molecule has 24 heavy (non-hydrogen) atoms. The van der Waals surface area contributed by atoms with E-state index >= 15 is 0 Å². The fourth-order valence-corrected chi connectivity index (χ4v) is 3.70. The Kier molecular flexibility index (Phi) is 7.48.